The summed E-state index contributed by atoms with van der Waals surface area (Å²) in [4.78, 5) is 4.58. The van der Waals surface area contributed by atoms with Gasteiger partial charge in [0.25, 0.3) is 0 Å². The molecule has 0 spiro atoms. The van der Waals surface area contributed by atoms with Crippen LogP contribution in [0.1, 0.15) is 18.1 Å². The van der Waals surface area contributed by atoms with Gasteiger partial charge in [0.2, 0.25) is 0 Å². The normalized spacial score (nSPS) is 11.4. The zero-order chi connectivity index (χ0) is 11.2. The minimum Gasteiger partial charge on any atom is -0.285 e. The van der Waals surface area contributed by atoms with Crippen LogP contribution in [0.2, 0.25) is 0 Å². The maximum absolute atomic E-state index is 4.58. The summed E-state index contributed by atoms with van der Waals surface area (Å²) in [7, 11) is 0. The number of aliphatic imine (C=N–C) groups is 1. The van der Waals surface area contributed by atoms with E-state index in [0.717, 1.165) is 12.3 Å². The molecular formula is C15H15N. The molecule has 0 aliphatic heterocycles. The Balaban J connectivity index is 2.09. The Kier molecular flexibility index (Phi) is 3.50. The molecule has 0 aliphatic carbocycles. The average Bonchev–Trinajstić information content (AvgIpc) is 2.38. The van der Waals surface area contributed by atoms with E-state index in [0.29, 0.717) is 0 Å². The van der Waals surface area contributed by atoms with Crippen molar-refractivity contribution in [2.24, 2.45) is 4.99 Å². The summed E-state index contributed by atoms with van der Waals surface area (Å²) >= 11 is 0. The zero-order valence-electron chi connectivity index (χ0n) is 9.43. The first-order chi connectivity index (χ1) is 7.86. The zero-order valence-corrected chi connectivity index (χ0v) is 9.43. The van der Waals surface area contributed by atoms with Crippen molar-refractivity contribution < 1.29 is 0 Å². The molecule has 2 rings (SSSR count). The molecule has 0 aromatic heterocycles. The lowest BCUT2D eigenvalue weighted by atomic mass is 10.1. The highest BCUT2D eigenvalue weighted by atomic mass is 14.7. The van der Waals surface area contributed by atoms with Gasteiger partial charge < -0.3 is 0 Å². The van der Waals surface area contributed by atoms with Crippen LogP contribution >= 0.6 is 0 Å². The Hall–Kier alpha value is -1.89. The molecule has 0 aliphatic rings. The van der Waals surface area contributed by atoms with Crippen molar-refractivity contribution in [3.8, 4) is 0 Å². The molecule has 0 N–H and O–H groups in total. The first-order valence-electron chi connectivity index (χ1n) is 5.46. The molecule has 2 aromatic carbocycles. The van der Waals surface area contributed by atoms with Crippen molar-refractivity contribution in [2.45, 2.75) is 13.5 Å². The number of hydrogen-bond donors (Lipinski definition) is 0. The summed E-state index contributed by atoms with van der Waals surface area (Å²) in [5.41, 5.74) is 3.53. The van der Waals surface area contributed by atoms with Crippen LogP contribution in [0.15, 0.2) is 65.7 Å². The first kappa shape index (κ1) is 10.6. The lowest BCUT2D eigenvalue weighted by molar-refractivity contribution is 1.06. The van der Waals surface area contributed by atoms with Gasteiger partial charge in [-0.15, -0.1) is 0 Å². The van der Waals surface area contributed by atoms with Gasteiger partial charge in [-0.05, 0) is 18.1 Å². The van der Waals surface area contributed by atoms with E-state index < -0.39 is 0 Å². The topological polar surface area (TPSA) is 12.4 Å². The minimum atomic E-state index is 0.752. The number of hydrogen-bond acceptors (Lipinski definition) is 1. The number of nitrogens with zero attached hydrogens (tertiary/aromatic N) is 1. The Morgan fingerprint density at radius 1 is 0.875 bits per heavy atom. The van der Waals surface area contributed by atoms with E-state index in [-0.39, 0.29) is 0 Å². The van der Waals surface area contributed by atoms with Gasteiger partial charge in [-0.25, -0.2) is 0 Å². The summed E-state index contributed by atoms with van der Waals surface area (Å²) < 4.78 is 0. The average molecular weight is 209 g/mol. The van der Waals surface area contributed by atoms with Gasteiger partial charge in [-0.3, -0.25) is 4.99 Å². The van der Waals surface area contributed by atoms with Crippen LogP contribution in [0.4, 0.5) is 0 Å². The molecule has 0 heterocycles. The third-order valence-electron chi connectivity index (χ3n) is 2.53. The van der Waals surface area contributed by atoms with Crippen LogP contribution in [0.5, 0.6) is 0 Å². The minimum absolute atomic E-state index is 0.752. The summed E-state index contributed by atoms with van der Waals surface area (Å²) in [6.07, 6.45) is 0. The van der Waals surface area contributed by atoms with Crippen molar-refractivity contribution in [1.82, 2.24) is 0 Å². The monoisotopic (exact) mass is 209 g/mol. The molecule has 0 amide bonds. The lowest BCUT2D eigenvalue weighted by Crippen LogP contribution is -1.95. The predicted octanol–water partition coefficient (Wildman–Crippen LogP) is 3.70. The standard InChI is InChI=1S/C15H15N/c1-13(15-10-6-3-7-11-15)16-12-14-8-4-2-5-9-14/h2-11H,12H2,1H3/b16-13-. The van der Waals surface area contributed by atoms with Gasteiger partial charge in [-0.2, -0.15) is 0 Å². The molecule has 0 bridgehead atoms. The summed E-state index contributed by atoms with van der Waals surface area (Å²) in [5.74, 6) is 0. The van der Waals surface area contributed by atoms with E-state index in [1.165, 1.54) is 11.1 Å². The van der Waals surface area contributed by atoms with E-state index in [4.69, 9.17) is 0 Å². The van der Waals surface area contributed by atoms with E-state index >= 15 is 0 Å². The maximum atomic E-state index is 4.58. The summed E-state index contributed by atoms with van der Waals surface area (Å²) in [5, 5.41) is 0. The van der Waals surface area contributed by atoms with Gasteiger partial charge in [0, 0.05) is 5.71 Å². The second kappa shape index (κ2) is 5.26. The van der Waals surface area contributed by atoms with Crippen LogP contribution in [0.25, 0.3) is 0 Å². The first-order valence-corrected chi connectivity index (χ1v) is 5.46. The van der Waals surface area contributed by atoms with Gasteiger partial charge in [-0.1, -0.05) is 60.7 Å². The van der Waals surface area contributed by atoms with E-state index in [1.54, 1.807) is 0 Å². The molecule has 0 fully saturated rings. The van der Waals surface area contributed by atoms with Crippen molar-refractivity contribution in [2.75, 3.05) is 0 Å². The van der Waals surface area contributed by atoms with Crippen LogP contribution in [0.3, 0.4) is 0 Å². The molecule has 1 heteroatoms. The van der Waals surface area contributed by atoms with Crippen LogP contribution in [0, 0.1) is 0 Å². The molecule has 2 aromatic rings. The fraction of sp³-hybridized carbons (Fsp3) is 0.133. The largest absolute Gasteiger partial charge is 0.285 e. The third-order valence-corrected chi connectivity index (χ3v) is 2.53. The van der Waals surface area contributed by atoms with Gasteiger partial charge in [0.05, 0.1) is 6.54 Å². The van der Waals surface area contributed by atoms with Crippen LogP contribution in [-0.2, 0) is 6.54 Å². The lowest BCUT2D eigenvalue weighted by Gasteiger charge is -2.01. The van der Waals surface area contributed by atoms with Gasteiger partial charge in [0.1, 0.15) is 0 Å². The molecule has 0 saturated carbocycles. The summed E-state index contributed by atoms with van der Waals surface area (Å²) in [6, 6.07) is 20.6. The Morgan fingerprint density at radius 3 is 2.06 bits per heavy atom. The van der Waals surface area contributed by atoms with E-state index in [9.17, 15) is 0 Å². The fourth-order valence-corrected chi connectivity index (χ4v) is 1.56. The molecule has 0 atom stereocenters. The van der Waals surface area contributed by atoms with Gasteiger partial charge >= 0.3 is 0 Å². The molecule has 80 valence electrons. The molecule has 0 radical (unpaired) electrons. The SMILES string of the molecule is C/C(=N/Cc1ccccc1)c1ccccc1. The van der Waals surface area contributed by atoms with Crippen LogP contribution < -0.4 is 0 Å². The van der Waals surface area contributed by atoms with Crippen molar-refractivity contribution >= 4 is 5.71 Å². The van der Waals surface area contributed by atoms with Crippen molar-refractivity contribution in [3.63, 3.8) is 0 Å². The molecule has 1 nitrogen and oxygen atoms in total. The fourth-order valence-electron chi connectivity index (χ4n) is 1.56. The second-order valence-corrected chi connectivity index (χ2v) is 3.75. The summed E-state index contributed by atoms with van der Waals surface area (Å²) in [6.45, 7) is 2.81. The van der Waals surface area contributed by atoms with Crippen molar-refractivity contribution in [1.29, 1.82) is 0 Å². The predicted molar refractivity (Wildman–Crippen MR) is 68.8 cm³/mol. The van der Waals surface area contributed by atoms with Crippen LogP contribution in [-0.4, -0.2) is 5.71 Å². The highest BCUT2D eigenvalue weighted by molar-refractivity contribution is 5.98. The highest BCUT2D eigenvalue weighted by Gasteiger charge is 1.95. The van der Waals surface area contributed by atoms with Crippen molar-refractivity contribution in [3.05, 3.63) is 71.8 Å². The Bertz CT molecular complexity index is 457. The maximum Gasteiger partial charge on any atom is 0.0643 e. The molecule has 16 heavy (non-hydrogen) atoms. The Morgan fingerprint density at radius 2 is 1.44 bits per heavy atom. The van der Waals surface area contributed by atoms with Gasteiger partial charge in [0.15, 0.2) is 0 Å². The Labute approximate surface area is 96.5 Å². The molecule has 0 saturated heterocycles. The highest BCUT2D eigenvalue weighted by Crippen LogP contribution is 2.04. The quantitative estimate of drug-likeness (QED) is 0.683. The number of benzene rings is 2. The second-order valence-electron chi connectivity index (χ2n) is 3.75. The number of rotatable bonds is 3. The third kappa shape index (κ3) is 2.80. The molecule has 0 unspecified atom stereocenters. The smallest absolute Gasteiger partial charge is 0.0643 e. The van der Waals surface area contributed by atoms with E-state index in [2.05, 4.69) is 36.2 Å². The van der Waals surface area contributed by atoms with E-state index in [1.807, 2.05) is 36.4 Å². The molecular weight excluding hydrogens is 194 g/mol.